The second kappa shape index (κ2) is 7.23. The van der Waals surface area contributed by atoms with E-state index in [-0.39, 0.29) is 11.7 Å². The molecule has 0 bridgehead atoms. The highest BCUT2D eigenvalue weighted by molar-refractivity contribution is 8.16. The summed E-state index contributed by atoms with van der Waals surface area (Å²) >= 11 is 1.54. The zero-order valence-electron chi connectivity index (χ0n) is 14.1. The van der Waals surface area contributed by atoms with Gasteiger partial charge < -0.3 is 9.64 Å². The zero-order valence-corrected chi connectivity index (χ0v) is 14.9. The Bertz CT molecular complexity index is 628. The van der Waals surface area contributed by atoms with Crippen LogP contribution in [0.2, 0.25) is 0 Å². The average Bonchev–Trinajstić information content (AvgIpc) is 2.85. The largest absolute Gasteiger partial charge is 0.381 e. The quantitative estimate of drug-likeness (QED) is 0.827. The van der Waals surface area contributed by atoms with E-state index in [1.165, 1.54) is 23.9 Å². The minimum atomic E-state index is -0.509. The molecule has 0 aromatic heterocycles. The highest BCUT2D eigenvalue weighted by atomic mass is 32.2. The second-order valence-corrected chi connectivity index (χ2v) is 7.98. The van der Waals surface area contributed by atoms with Gasteiger partial charge in [0.15, 0.2) is 5.17 Å². The van der Waals surface area contributed by atoms with Crippen molar-refractivity contribution < 1.29 is 13.9 Å². The minimum absolute atomic E-state index is 0.0606. The fourth-order valence-corrected chi connectivity index (χ4v) is 4.60. The molecule has 2 aliphatic heterocycles. The van der Waals surface area contributed by atoms with Crippen molar-refractivity contribution in [2.75, 3.05) is 24.7 Å². The molecule has 130 valence electrons. The van der Waals surface area contributed by atoms with E-state index < -0.39 is 4.75 Å². The highest BCUT2D eigenvalue weighted by Crippen LogP contribution is 2.42. The maximum atomic E-state index is 13.2. The highest BCUT2D eigenvalue weighted by Gasteiger charge is 2.44. The molecule has 24 heavy (non-hydrogen) atoms. The number of ether oxygens (including phenoxy) is 1. The summed E-state index contributed by atoms with van der Waals surface area (Å²) < 4.78 is 18.1. The third-order valence-electron chi connectivity index (χ3n) is 4.67. The Kier molecular flexibility index (Phi) is 5.25. The number of anilines is 1. The molecular weight excluding hydrogens is 327 g/mol. The van der Waals surface area contributed by atoms with Crippen LogP contribution in [0.15, 0.2) is 29.3 Å². The van der Waals surface area contributed by atoms with E-state index in [2.05, 4.69) is 4.99 Å². The molecule has 0 spiro atoms. The summed E-state index contributed by atoms with van der Waals surface area (Å²) in [6, 6.07) is 6.31. The molecule has 2 heterocycles. The van der Waals surface area contributed by atoms with Gasteiger partial charge in [0.05, 0.1) is 0 Å². The predicted octanol–water partition coefficient (Wildman–Crippen LogP) is 3.86. The summed E-state index contributed by atoms with van der Waals surface area (Å²) in [5.74, 6) is 0.182. The van der Waals surface area contributed by atoms with Crippen LogP contribution >= 0.6 is 11.8 Å². The van der Waals surface area contributed by atoms with E-state index >= 15 is 0 Å². The van der Waals surface area contributed by atoms with E-state index in [4.69, 9.17) is 4.74 Å². The molecule has 6 heteroatoms. The number of amides is 1. The molecule has 1 atom stereocenters. The fraction of sp³-hybridized carbons (Fsp3) is 0.556. The van der Waals surface area contributed by atoms with Gasteiger partial charge in [-0.2, -0.15) is 4.99 Å². The first-order chi connectivity index (χ1) is 11.5. The Morgan fingerprint density at radius 3 is 2.62 bits per heavy atom. The molecule has 1 amide bonds. The van der Waals surface area contributed by atoms with Crippen molar-refractivity contribution in [2.45, 2.75) is 37.9 Å². The van der Waals surface area contributed by atoms with Crippen LogP contribution in [-0.4, -0.2) is 35.6 Å². The van der Waals surface area contributed by atoms with Crippen LogP contribution in [0.25, 0.3) is 0 Å². The van der Waals surface area contributed by atoms with Crippen molar-refractivity contribution in [3.05, 3.63) is 30.1 Å². The normalized spacial score (nSPS) is 25.0. The molecule has 3 rings (SSSR count). The maximum absolute atomic E-state index is 13.2. The lowest BCUT2D eigenvalue weighted by molar-refractivity contribution is -0.120. The van der Waals surface area contributed by atoms with Gasteiger partial charge in [0, 0.05) is 25.4 Å². The molecule has 1 aromatic rings. The molecule has 0 aliphatic carbocycles. The van der Waals surface area contributed by atoms with Crippen LogP contribution in [0.1, 0.15) is 33.1 Å². The first-order valence-corrected chi connectivity index (χ1v) is 9.26. The monoisotopic (exact) mass is 350 g/mol. The molecule has 0 radical (unpaired) electrons. The molecule has 2 aliphatic rings. The van der Waals surface area contributed by atoms with E-state index in [0.717, 1.165) is 38.2 Å². The number of hydrogen-bond acceptors (Lipinski definition) is 4. The van der Waals surface area contributed by atoms with Crippen LogP contribution in [0, 0.1) is 11.7 Å². The van der Waals surface area contributed by atoms with Gasteiger partial charge in [-0.3, -0.25) is 4.79 Å². The Labute approximate surface area is 146 Å². The summed E-state index contributed by atoms with van der Waals surface area (Å²) in [5.41, 5.74) is 0.855. The van der Waals surface area contributed by atoms with Gasteiger partial charge in [0.25, 0.3) is 5.91 Å². The van der Waals surface area contributed by atoms with Crippen molar-refractivity contribution in [3.8, 4) is 0 Å². The number of thioether (sulfide) groups is 1. The molecule has 0 saturated carbocycles. The van der Waals surface area contributed by atoms with Crippen LogP contribution in [0.3, 0.4) is 0 Å². The smallest absolute Gasteiger partial charge is 0.264 e. The van der Waals surface area contributed by atoms with Crippen LogP contribution in [0.5, 0.6) is 0 Å². The number of halogens is 1. The summed E-state index contributed by atoms with van der Waals surface area (Å²) in [5, 5.41) is 0.712. The fourth-order valence-electron chi connectivity index (χ4n) is 3.27. The lowest BCUT2D eigenvalue weighted by Crippen LogP contribution is -2.33. The Morgan fingerprint density at radius 2 is 2.00 bits per heavy atom. The number of amidine groups is 1. The van der Waals surface area contributed by atoms with Crippen LogP contribution < -0.4 is 4.90 Å². The Morgan fingerprint density at radius 1 is 1.33 bits per heavy atom. The van der Waals surface area contributed by atoms with Gasteiger partial charge in [-0.05, 0) is 63.3 Å². The Balaban J connectivity index is 1.73. The van der Waals surface area contributed by atoms with E-state index in [0.29, 0.717) is 17.6 Å². The SMILES string of the molecule is CCN(C1=NC(=O)C(C)(CC2CCOCC2)S1)c1ccc(F)cc1. The summed E-state index contributed by atoms with van der Waals surface area (Å²) in [4.78, 5) is 18.8. The molecule has 1 unspecified atom stereocenters. The van der Waals surface area contributed by atoms with Crippen molar-refractivity contribution in [2.24, 2.45) is 10.9 Å². The molecule has 0 N–H and O–H groups in total. The molecule has 1 saturated heterocycles. The molecule has 1 aromatic carbocycles. The number of aliphatic imine (C=N–C) groups is 1. The second-order valence-electron chi connectivity index (χ2n) is 6.51. The average molecular weight is 350 g/mol. The lowest BCUT2D eigenvalue weighted by Gasteiger charge is -2.30. The summed E-state index contributed by atoms with van der Waals surface area (Å²) in [6.07, 6.45) is 2.84. The van der Waals surface area contributed by atoms with Gasteiger partial charge in [-0.15, -0.1) is 0 Å². The lowest BCUT2D eigenvalue weighted by atomic mass is 9.89. The van der Waals surface area contributed by atoms with E-state index in [9.17, 15) is 9.18 Å². The van der Waals surface area contributed by atoms with Crippen molar-refractivity contribution >= 4 is 28.5 Å². The van der Waals surface area contributed by atoms with Gasteiger partial charge in [0.2, 0.25) is 0 Å². The van der Waals surface area contributed by atoms with Crippen LogP contribution in [0.4, 0.5) is 10.1 Å². The van der Waals surface area contributed by atoms with Gasteiger partial charge in [-0.1, -0.05) is 11.8 Å². The van der Waals surface area contributed by atoms with Gasteiger partial charge in [-0.25, -0.2) is 4.39 Å². The number of hydrogen-bond donors (Lipinski definition) is 0. The third kappa shape index (κ3) is 3.64. The molecular formula is C18H23FN2O2S. The minimum Gasteiger partial charge on any atom is -0.381 e. The number of carbonyl (C=O) groups is 1. The third-order valence-corrected chi connectivity index (χ3v) is 5.96. The first kappa shape index (κ1) is 17.4. The topological polar surface area (TPSA) is 41.9 Å². The van der Waals surface area contributed by atoms with Gasteiger partial charge in [0.1, 0.15) is 10.6 Å². The van der Waals surface area contributed by atoms with Gasteiger partial charge >= 0.3 is 0 Å². The summed E-state index contributed by atoms with van der Waals surface area (Å²) in [6.45, 7) is 6.24. The van der Waals surface area contributed by atoms with Crippen LogP contribution in [-0.2, 0) is 9.53 Å². The van der Waals surface area contributed by atoms with Crippen molar-refractivity contribution in [1.82, 2.24) is 0 Å². The maximum Gasteiger partial charge on any atom is 0.264 e. The van der Waals surface area contributed by atoms with Crippen molar-refractivity contribution in [3.63, 3.8) is 0 Å². The standard InChI is InChI=1S/C18H23FN2O2S/c1-3-21(15-6-4-14(19)5-7-15)17-20-16(22)18(2,24-17)12-13-8-10-23-11-9-13/h4-7,13H,3,8-12H2,1-2H3. The predicted molar refractivity (Wildman–Crippen MR) is 96.0 cm³/mol. The first-order valence-electron chi connectivity index (χ1n) is 8.45. The van der Waals surface area contributed by atoms with E-state index in [1.807, 2.05) is 18.7 Å². The number of nitrogens with zero attached hydrogens (tertiary/aromatic N) is 2. The number of rotatable bonds is 4. The molecule has 1 fully saturated rings. The molecule has 4 nitrogen and oxygen atoms in total. The number of benzene rings is 1. The number of carbonyl (C=O) groups excluding carboxylic acids is 1. The van der Waals surface area contributed by atoms with E-state index in [1.54, 1.807) is 12.1 Å². The zero-order chi connectivity index (χ0) is 17.2. The summed E-state index contributed by atoms with van der Waals surface area (Å²) in [7, 11) is 0. The Hall–Kier alpha value is -1.40. The van der Waals surface area contributed by atoms with Crippen molar-refractivity contribution in [1.29, 1.82) is 0 Å².